The van der Waals surface area contributed by atoms with Crippen LogP contribution in [0.4, 0.5) is 4.39 Å². The van der Waals surface area contributed by atoms with Crippen LogP contribution in [0.15, 0.2) is 22.7 Å². The van der Waals surface area contributed by atoms with E-state index in [2.05, 4.69) is 22.9 Å². The number of hydrogen-bond donors (Lipinski definition) is 1. The van der Waals surface area contributed by atoms with Crippen molar-refractivity contribution in [3.05, 3.63) is 34.1 Å². The van der Waals surface area contributed by atoms with Gasteiger partial charge in [-0.3, -0.25) is 0 Å². The zero-order valence-electron chi connectivity index (χ0n) is 10.1. The highest BCUT2D eigenvalue weighted by Gasteiger charge is 2.24. The molecule has 1 aromatic rings. The van der Waals surface area contributed by atoms with Gasteiger partial charge in [-0.25, -0.2) is 4.39 Å². The van der Waals surface area contributed by atoms with Gasteiger partial charge in [0, 0.05) is 6.04 Å². The summed E-state index contributed by atoms with van der Waals surface area (Å²) in [6.07, 6.45) is 4.83. The van der Waals surface area contributed by atoms with Crippen molar-refractivity contribution < 1.29 is 4.39 Å². The number of benzene rings is 1. The second-order valence-electron chi connectivity index (χ2n) is 5.22. The minimum absolute atomic E-state index is 0.0231. The van der Waals surface area contributed by atoms with Crippen LogP contribution in [0.1, 0.15) is 44.2 Å². The molecular weight excluding hydrogens is 281 g/mol. The lowest BCUT2D eigenvalue weighted by Crippen LogP contribution is -2.25. The van der Waals surface area contributed by atoms with E-state index in [1.54, 1.807) is 12.1 Å². The van der Waals surface area contributed by atoms with Gasteiger partial charge in [0.1, 0.15) is 5.82 Å². The molecule has 1 aliphatic rings. The topological polar surface area (TPSA) is 26.0 Å². The van der Waals surface area contributed by atoms with Crippen LogP contribution in [0.2, 0.25) is 0 Å². The Bertz CT molecular complexity index is 386. The van der Waals surface area contributed by atoms with E-state index in [9.17, 15) is 4.39 Å². The van der Waals surface area contributed by atoms with E-state index in [1.807, 2.05) is 6.07 Å². The summed E-state index contributed by atoms with van der Waals surface area (Å²) >= 11 is 3.17. The molecule has 2 rings (SSSR count). The largest absolute Gasteiger partial charge is 0.324 e. The molecule has 17 heavy (non-hydrogen) atoms. The van der Waals surface area contributed by atoms with Crippen molar-refractivity contribution in [3.63, 3.8) is 0 Å². The Balaban J connectivity index is 2.08. The molecule has 0 bridgehead atoms. The van der Waals surface area contributed by atoms with Gasteiger partial charge >= 0.3 is 0 Å². The third-order valence-electron chi connectivity index (χ3n) is 3.90. The van der Waals surface area contributed by atoms with Crippen LogP contribution in [-0.4, -0.2) is 0 Å². The summed E-state index contributed by atoms with van der Waals surface area (Å²) in [6.45, 7) is 2.29. The van der Waals surface area contributed by atoms with Crippen molar-refractivity contribution in [1.82, 2.24) is 0 Å². The highest BCUT2D eigenvalue weighted by molar-refractivity contribution is 9.10. The van der Waals surface area contributed by atoms with Crippen LogP contribution >= 0.6 is 15.9 Å². The van der Waals surface area contributed by atoms with Gasteiger partial charge in [-0.2, -0.15) is 0 Å². The molecule has 0 aliphatic heterocycles. The molecule has 1 aliphatic carbocycles. The molecule has 2 N–H and O–H groups in total. The van der Waals surface area contributed by atoms with Crippen molar-refractivity contribution in [2.24, 2.45) is 17.6 Å². The van der Waals surface area contributed by atoms with Crippen LogP contribution in [0.25, 0.3) is 0 Å². The first-order valence-electron chi connectivity index (χ1n) is 6.28. The van der Waals surface area contributed by atoms with Gasteiger partial charge in [-0.05, 0) is 58.3 Å². The lowest BCUT2D eigenvalue weighted by atomic mass is 9.78. The highest BCUT2D eigenvalue weighted by Crippen LogP contribution is 2.36. The zero-order valence-corrected chi connectivity index (χ0v) is 11.7. The van der Waals surface area contributed by atoms with E-state index in [4.69, 9.17) is 5.73 Å². The van der Waals surface area contributed by atoms with E-state index in [0.717, 1.165) is 11.5 Å². The molecule has 0 heterocycles. The first-order chi connectivity index (χ1) is 8.08. The van der Waals surface area contributed by atoms with Gasteiger partial charge in [0.25, 0.3) is 0 Å². The fraction of sp³-hybridized carbons (Fsp3) is 0.571. The quantitative estimate of drug-likeness (QED) is 0.860. The SMILES string of the molecule is CC1CCC(C(N)c2ccc(Br)c(F)c2)CC1. The van der Waals surface area contributed by atoms with Gasteiger partial charge in [0.05, 0.1) is 4.47 Å². The van der Waals surface area contributed by atoms with Gasteiger partial charge in [-0.15, -0.1) is 0 Å². The minimum atomic E-state index is -0.220. The molecule has 1 unspecified atom stereocenters. The van der Waals surface area contributed by atoms with Crippen molar-refractivity contribution >= 4 is 15.9 Å². The molecule has 3 heteroatoms. The lowest BCUT2D eigenvalue weighted by Gasteiger charge is -2.30. The van der Waals surface area contributed by atoms with E-state index < -0.39 is 0 Å². The standard InChI is InChI=1S/C14H19BrFN/c1-9-2-4-10(5-3-9)14(17)11-6-7-12(15)13(16)8-11/h6-10,14H,2-5,17H2,1H3. The number of rotatable bonds is 2. The fourth-order valence-corrected chi connectivity index (χ4v) is 2.88. The predicted molar refractivity (Wildman–Crippen MR) is 72.2 cm³/mol. The molecule has 1 atom stereocenters. The third kappa shape index (κ3) is 3.08. The second kappa shape index (κ2) is 5.49. The third-order valence-corrected chi connectivity index (χ3v) is 4.54. The highest BCUT2D eigenvalue weighted by atomic mass is 79.9. The molecule has 0 aromatic heterocycles. The molecule has 1 aromatic carbocycles. The molecule has 1 fully saturated rings. The molecule has 1 nitrogen and oxygen atoms in total. The first kappa shape index (κ1) is 13.0. The molecule has 0 amide bonds. The van der Waals surface area contributed by atoms with Crippen LogP contribution in [-0.2, 0) is 0 Å². The predicted octanol–water partition coefficient (Wildman–Crippen LogP) is 4.41. The van der Waals surface area contributed by atoms with Crippen LogP contribution < -0.4 is 5.73 Å². The van der Waals surface area contributed by atoms with Crippen molar-refractivity contribution in [3.8, 4) is 0 Å². The molecule has 94 valence electrons. The maximum Gasteiger partial charge on any atom is 0.137 e. The molecule has 0 spiro atoms. The molecular formula is C14H19BrFN. The number of nitrogens with two attached hydrogens (primary N) is 1. The maximum absolute atomic E-state index is 13.5. The Labute approximate surface area is 111 Å². The summed E-state index contributed by atoms with van der Waals surface area (Å²) in [7, 11) is 0. The van der Waals surface area contributed by atoms with Crippen LogP contribution in [0.5, 0.6) is 0 Å². The van der Waals surface area contributed by atoms with Gasteiger partial charge in [0.2, 0.25) is 0 Å². The summed E-state index contributed by atoms with van der Waals surface area (Å²) in [5, 5.41) is 0. The van der Waals surface area contributed by atoms with Crippen LogP contribution in [0, 0.1) is 17.7 Å². The van der Waals surface area contributed by atoms with Crippen molar-refractivity contribution in [2.75, 3.05) is 0 Å². The summed E-state index contributed by atoms with van der Waals surface area (Å²) in [5.41, 5.74) is 7.17. The first-order valence-corrected chi connectivity index (χ1v) is 7.07. The normalized spacial score (nSPS) is 26.8. The maximum atomic E-state index is 13.5. The average molecular weight is 300 g/mol. The smallest absolute Gasteiger partial charge is 0.137 e. The van der Waals surface area contributed by atoms with E-state index in [1.165, 1.54) is 25.7 Å². The van der Waals surface area contributed by atoms with E-state index >= 15 is 0 Å². The minimum Gasteiger partial charge on any atom is -0.324 e. The van der Waals surface area contributed by atoms with Crippen LogP contribution in [0.3, 0.4) is 0 Å². The second-order valence-corrected chi connectivity index (χ2v) is 6.07. The van der Waals surface area contributed by atoms with Gasteiger partial charge in [0.15, 0.2) is 0 Å². The Morgan fingerprint density at radius 3 is 2.53 bits per heavy atom. The fourth-order valence-electron chi connectivity index (χ4n) is 2.64. The summed E-state index contributed by atoms with van der Waals surface area (Å²) in [6, 6.07) is 5.21. The lowest BCUT2D eigenvalue weighted by molar-refractivity contribution is 0.256. The summed E-state index contributed by atoms with van der Waals surface area (Å²) in [4.78, 5) is 0. The molecule has 0 radical (unpaired) electrons. The Morgan fingerprint density at radius 2 is 1.94 bits per heavy atom. The molecule has 0 saturated heterocycles. The number of halogens is 2. The zero-order chi connectivity index (χ0) is 12.4. The number of hydrogen-bond acceptors (Lipinski definition) is 1. The summed E-state index contributed by atoms with van der Waals surface area (Å²) < 4.78 is 14.0. The Morgan fingerprint density at radius 1 is 1.29 bits per heavy atom. The van der Waals surface area contributed by atoms with E-state index in [-0.39, 0.29) is 11.9 Å². The van der Waals surface area contributed by atoms with Crippen molar-refractivity contribution in [1.29, 1.82) is 0 Å². The Hall–Kier alpha value is -0.410. The average Bonchev–Trinajstić information content (AvgIpc) is 2.33. The van der Waals surface area contributed by atoms with E-state index in [0.29, 0.717) is 10.4 Å². The van der Waals surface area contributed by atoms with Crippen molar-refractivity contribution in [2.45, 2.75) is 38.6 Å². The monoisotopic (exact) mass is 299 g/mol. The summed E-state index contributed by atoms with van der Waals surface area (Å²) in [5.74, 6) is 1.11. The van der Waals surface area contributed by atoms with Gasteiger partial charge in [-0.1, -0.05) is 25.8 Å². The van der Waals surface area contributed by atoms with Gasteiger partial charge < -0.3 is 5.73 Å². The molecule has 1 saturated carbocycles. The Kier molecular flexibility index (Phi) is 4.21.